The van der Waals surface area contributed by atoms with Crippen molar-refractivity contribution in [1.82, 2.24) is 5.32 Å². The zero-order valence-electron chi connectivity index (χ0n) is 8.84. The first-order chi connectivity index (χ1) is 6.92. The van der Waals surface area contributed by atoms with Crippen molar-refractivity contribution in [3.63, 3.8) is 0 Å². The molecule has 0 aromatic carbocycles. The third kappa shape index (κ3) is 3.83. The van der Waals surface area contributed by atoms with Crippen LogP contribution in [-0.4, -0.2) is 12.5 Å². The van der Waals surface area contributed by atoms with Gasteiger partial charge in [-0.2, -0.15) is 0 Å². The molecular formula is C10H15IN2O2. The molecule has 0 aliphatic heterocycles. The molecule has 1 aromatic heterocycles. The number of rotatable bonds is 5. The van der Waals surface area contributed by atoms with Crippen LogP contribution in [-0.2, 0) is 11.3 Å². The summed E-state index contributed by atoms with van der Waals surface area (Å²) >= 11 is 2.11. The molecule has 4 nitrogen and oxygen atoms in total. The van der Waals surface area contributed by atoms with Gasteiger partial charge in [0.05, 0.1) is 12.0 Å². The third-order valence-corrected chi connectivity index (χ3v) is 2.74. The number of primary amides is 1. The fourth-order valence-corrected chi connectivity index (χ4v) is 1.49. The molecule has 0 bridgehead atoms. The minimum Gasteiger partial charge on any atom is -0.454 e. The van der Waals surface area contributed by atoms with E-state index < -0.39 is 5.41 Å². The summed E-state index contributed by atoms with van der Waals surface area (Å²) in [6, 6.07) is 3.81. The van der Waals surface area contributed by atoms with E-state index in [1.165, 1.54) is 0 Å². The maximum absolute atomic E-state index is 11.0. The smallest absolute Gasteiger partial charge is 0.224 e. The standard InChI is InChI=1S/C10H15IN2O2/c1-10(2,9(12)14)6-13-5-7-3-4-8(11)15-7/h3-4,13H,5-6H2,1-2H3,(H2,12,14). The molecule has 1 amide bonds. The molecule has 0 unspecified atom stereocenters. The number of furan rings is 1. The summed E-state index contributed by atoms with van der Waals surface area (Å²) in [6.45, 7) is 4.78. The first-order valence-electron chi connectivity index (χ1n) is 4.66. The number of carbonyl (C=O) groups is 1. The van der Waals surface area contributed by atoms with E-state index in [0.29, 0.717) is 13.1 Å². The van der Waals surface area contributed by atoms with Gasteiger partial charge in [0.1, 0.15) is 5.76 Å². The van der Waals surface area contributed by atoms with E-state index in [9.17, 15) is 4.79 Å². The topological polar surface area (TPSA) is 68.3 Å². The van der Waals surface area contributed by atoms with Gasteiger partial charge < -0.3 is 15.5 Å². The van der Waals surface area contributed by atoms with Crippen molar-refractivity contribution in [2.24, 2.45) is 11.1 Å². The highest BCUT2D eigenvalue weighted by molar-refractivity contribution is 14.1. The highest BCUT2D eigenvalue weighted by atomic mass is 127. The van der Waals surface area contributed by atoms with E-state index in [2.05, 4.69) is 27.9 Å². The SMILES string of the molecule is CC(C)(CNCc1ccc(I)o1)C(N)=O. The molecule has 0 aliphatic rings. The Morgan fingerprint density at radius 2 is 2.27 bits per heavy atom. The summed E-state index contributed by atoms with van der Waals surface area (Å²) in [5, 5.41) is 3.14. The molecule has 84 valence electrons. The van der Waals surface area contributed by atoms with Crippen LogP contribution in [0.4, 0.5) is 0 Å². The van der Waals surface area contributed by atoms with Crippen LogP contribution < -0.4 is 11.1 Å². The van der Waals surface area contributed by atoms with Crippen LogP contribution in [0.15, 0.2) is 16.5 Å². The molecule has 0 atom stereocenters. The molecule has 0 saturated heterocycles. The van der Waals surface area contributed by atoms with Gasteiger partial charge in [0.25, 0.3) is 0 Å². The number of halogens is 1. The zero-order chi connectivity index (χ0) is 11.5. The third-order valence-electron chi connectivity index (χ3n) is 2.16. The average Bonchev–Trinajstić information content (AvgIpc) is 2.51. The molecule has 0 aliphatic carbocycles. The Hall–Kier alpha value is -0.560. The lowest BCUT2D eigenvalue weighted by molar-refractivity contribution is -0.125. The average molecular weight is 322 g/mol. The van der Waals surface area contributed by atoms with Gasteiger partial charge in [-0.3, -0.25) is 4.79 Å². The minimum absolute atomic E-state index is 0.302. The number of hydrogen-bond donors (Lipinski definition) is 2. The van der Waals surface area contributed by atoms with E-state index in [1.807, 2.05) is 26.0 Å². The van der Waals surface area contributed by atoms with Crippen LogP contribution >= 0.6 is 22.6 Å². The van der Waals surface area contributed by atoms with Gasteiger partial charge in [-0.15, -0.1) is 0 Å². The molecule has 0 fully saturated rings. The molecular weight excluding hydrogens is 307 g/mol. The molecule has 0 spiro atoms. The van der Waals surface area contributed by atoms with Crippen LogP contribution in [0.2, 0.25) is 0 Å². The lowest BCUT2D eigenvalue weighted by Gasteiger charge is -2.20. The van der Waals surface area contributed by atoms with Crippen LogP contribution in [0, 0.1) is 9.18 Å². The number of nitrogens with two attached hydrogens (primary N) is 1. The van der Waals surface area contributed by atoms with Crippen LogP contribution in [0.3, 0.4) is 0 Å². The van der Waals surface area contributed by atoms with Gasteiger partial charge in [0.15, 0.2) is 3.77 Å². The Kier molecular flexibility index (Phi) is 4.15. The molecule has 0 radical (unpaired) electrons. The first-order valence-corrected chi connectivity index (χ1v) is 5.74. The number of carbonyl (C=O) groups excluding carboxylic acids is 1. The van der Waals surface area contributed by atoms with Crippen molar-refractivity contribution in [3.8, 4) is 0 Å². The van der Waals surface area contributed by atoms with Crippen molar-refractivity contribution < 1.29 is 9.21 Å². The van der Waals surface area contributed by atoms with E-state index in [1.54, 1.807) is 0 Å². The predicted octanol–water partition coefficient (Wildman–Crippen LogP) is 1.49. The monoisotopic (exact) mass is 322 g/mol. The molecule has 1 aromatic rings. The van der Waals surface area contributed by atoms with Crippen molar-refractivity contribution in [2.45, 2.75) is 20.4 Å². The van der Waals surface area contributed by atoms with E-state index in [-0.39, 0.29) is 5.91 Å². The second-order valence-electron chi connectivity index (χ2n) is 4.06. The minimum atomic E-state index is -0.528. The maximum atomic E-state index is 11.0. The highest BCUT2D eigenvalue weighted by Gasteiger charge is 2.24. The first kappa shape index (κ1) is 12.5. The summed E-state index contributed by atoms with van der Waals surface area (Å²) in [6.07, 6.45) is 0. The number of amides is 1. The van der Waals surface area contributed by atoms with E-state index in [0.717, 1.165) is 9.53 Å². The molecule has 0 saturated carbocycles. The van der Waals surface area contributed by atoms with Gasteiger partial charge in [0, 0.05) is 6.54 Å². The summed E-state index contributed by atoms with van der Waals surface area (Å²) < 4.78 is 6.23. The molecule has 5 heteroatoms. The van der Waals surface area contributed by atoms with Gasteiger partial charge >= 0.3 is 0 Å². The highest BCUT2D eigenvalue weighted by Crippen LogP contribution is 2.13. The van der Waals surface area contributed by atoms with Crippen molar-refractivity contribution in [3.05, 3.63) is 21.7 Å². The van der Waals surface area contributed by atoms with Crippen LogP contribution in [0.25, 0.3) is 0 Å². The van der Waals surface area contributed by atoms with Crippen molar-refractivity contribution in [2.75, 3.05) is 6.54 Å². The Morgan fingerprint density at radius 3 is 2.73 bits per heavy atom. The lowest BCUT2D eigenvalue weighted by atomic mass is 9.93. The molecule has 1 rings (SSSR count). The molecule has 15 heavy (non-hydrogen) atoms. The van der Waals surface area contributed by atoms with Crippen molar-refractivity contribution in [1.29, 1.82) is 0 Å². The van der Waals surface area contributed by atoms with Gasteiger partial charge in [-0.05, 0) is 48.6 Å². The second-order valence-corrected chi connectivity index (χ2v) is 5.12. The number of hydrogen-bond acceptors (Lipinski definition) is 3. The van der Waals surface area contributed by atoms with E-state index >= 15 is 0 Å². The fraction of sp³-hybridized carbons (Fsp3) is 0.500. The Morgan fingerprint density at radius 1 is 1.60 bits per heavy atom. The van der Waals surface area contributed by atoms with Gasteiger partial charge in [-0.25, -0.2) is 0 Å². The summed E-state index contributed by atoms with van der Waals surface area (Å²) in [7, 11) is 0. The van der Waals surface area contributed by atoms with E-state index in [4.69, 9.17) is 10.2 Å². The fourth-order valence-electron chi connectivity index (χ4n) is 1.03. The second kappa shape index (κ2) is 4.98. The summed E-state index contributed by atoms with van der Waals surface area (Å²) in [4.78, 5) is 11.0. The van der Waals surface area contributed by atoms with Gasteiger partial charge in [0.2, 0.25) is 5.91 Å². The zero-order valence-corrected chi connectivity index (χ0v) is 11.0. The quantitative estimate of drug-likeness (QED) is 0.807. The maximum Gasteiger partial charge on any atom is 0.224 e. The van der Waals surface area contributed by atoms with Gasteiger partial charge in [-0.1, -0.05) is 0 Å². The number of nitrogens with one attached hydrogen (secondary N) is 1. The Labute approximate surface area is 103 Å². The van der Waals surface area contributed by atoms with Crippen molar-refractivity contribution >= 4 is 28.5 Å². The summed E-state index contributed by atoms with van der Waals surface area (Å²) in [5.41, 5.74) is 4.72. The normalized spacial score (nSPS) is 11.7. The van der Waals surface area contributed by atoms with Crippen LogP contribution in [0.5, 0.6) is 0 Å². The Balaban J connectivity index is 2.36. The molecule has 3 N–H and O–H groups in total. The lowest BCUT2D eigenvalue weighted by Crippen LogP contribution is -2.40. The predicted molar refractivity (Wildman–Crippen MR) is 66.1 cm³/mol. The van der Waals surface area contributed by atoms with Crippen LogP contribution in [0.1, 0.15) is 19.6 Å². The largest absolute Gasteiger partial charge is 0.454 e. The Bertz CT molecular complexity index is 347. The molecule has 1 heterocycles. The summed E-state index contributed by atoms with van der Waals surface area (Å²) in [5.74, 6) is 0.559.